The molecular weight excluding hydrogens is 610 g/mol. The summed E-state index contributed by atoms with van der Waals surface area (Å²) < 4.78 is 11.1. The van der Waals surface area contributed by atoms with E-state index in [0.717, 1.165) is 22.0 Å². The van der Waals surface area contributed by atoms with Gasteiger partial charge in [-0.15, -0.1) is 13.2 Å². The first-order chi connectivity index (χ1) is 22.9. The molecule has 4 atom stereocenters. The third-order valence-electron chi connectivity index (χ3n) is 7.70. The van der Waals surface area contributed by atoms with E-state index in [1.54, 1.807) is 32.9 Å². The number of aromatic amines is 1. The van der Waals surface area contributed by atoms with Crippen molar-refractivity contribution in [1.82, 2.24) is 15.6 Å². The van der Waals surface area contributed by atoms with Crippen molar-refractivity contribution in [2.75, 3.05) is 13.2 Å². The van der Waals surface area contributed by atoms with Crippen LogP contribution in [0.25, 0.3) is 10.9 Å². The Balaban J connectivity index is 1.73. The molecule has 3 aromatic rings. The highest BCUT2D eigenvalue weighted by Gasteiger charge is 2.29. The molecule has 3 rings (SSSR count). The van der Waals surface area contributed by atoms with Gasteiger partial charge in [-0.1, -0.05) is 60.7 Å². The molecule has 0 aliphatic carbocycles. The molecule has 1 aromatic heterocycles. The van der Waals surface area contributed by atoms with Gasteiger partial charge in [-0.25, -0.2) is 0 Å². The summed E-state index contributed by atoms with van der Waals surface area (Å²) in [7, 11) is 0. The Hall–Kier alpha value is -4.70. The Labute approximate surface area is 283 Å². The van der Waals surface area contributed by atoms with Crippen LogP contribution in [-0.4, -0.2) is 64.7 Å². The van der Waals surface area contributed by atoms with Crippen LogP contribution in [0.2, 0.25) is 0 Å². The van der Waals surface area contributed by atoms with Crippen molar-refractivity contribution >= 4 is 34.7 Å². The molecule has 10 heteroatoms. The van der Waals surface area contributed by atoms with E-state index in [-0.39, 0.29) is 44.8 Å². The van der Waals surface area contributed by atoms with Gasteiger partial charge in [0.25, 0.3) is 0 Å². The molecule has 0 saturated heterocycles. The summed E-state index contributed by atoms with van der Waals surface area (Å²) >= 11 is 0. The summed E-state index contributed by atoms with van der Waals surface area (Å²) in [6.07, 6.45) is 5.91. The summed E-state index contributed by atoms with van der Waals surface area (Å²) in [4.78, 5) is 55.6. The van der Waals surface area contributed by atoms with Gasteiger partial charge in [0.15, 0.2) is 0 Å². The predicted molar refractivity (Wildman–Crippen MR) is 186 cm³/mol. The lowest BCUT2D eigenvalue weighted by atomic mass is 9.97. The van der Waals surface area contributed by atoms with E-state index >= 15 is 0 Å². The Morgan fingerprint density at radius 2 is 1.54 bits per heavy atom. The molecule has 0 saturated carbocycles. The fraction of sp³-hybridized carbons (Fsp3) is 0.421. The number of carbonyl (C=O) groups excluding carboxylic acids is 4. The number of amides is 2. The number of aromatic nitrogens is 1. The second-order valence-corrected chi connectivity index (χ2v) is 13.0. The minimum Gasteiger partial charge on any atom is -0.463 e. The number of carbonyl (C=O) groups is 4. The van der Waals surface area contributed by atoms with Crippen LogP contribution in [0.3, 0.4) is 0 Å². The average Bonchev–Trinajstić information content (AvgIpc) is 3.44. The summed E-state index contributed by atoms with van der Waals surface area (Å²) in [6, 6.07) is 16.1. The van der Waals surface area contributed by atoms with Gasteiger partial charge in [0, 0.05) is 23.5 Å². The van der Waals surface area contributed by atoms with E-state index in [1.807, 2.05) is 60.8 Å². The zero-order valence-electron chi connectivity index (χ0n) is 28.2. The lowest BCUT2D eigenvalue weighted by molar-refractivity contribution is -0.161. The van der Waals surface area contributed by atoms with Gasteiger partial charge in [0.05, 0.1) is 36.9 Å². The molecule has 48 heavy (non-hydrogen) atoms. The number of nitrogens with one attached hydrogen (secondary N) is 3. The summed E-state index contributed by atoms with van der Waals surface area (Å²) in [5.41, 5.74) is 2.10. The molecular formula is C38H49N3O7. The Kier molecular flexibility index (Phi) is 14.6. The van der Waals surface area contributed by atoms with Crippen LogP contribution in [-0.2, 0) is 41.5 Å². The van der Waals surface area contributed by atoms with E-state index in [4.69, 9.17) is 9.47 Å². The number of ether oxygens (including phenoxy) is 2. The number of aliphatic hydroxyl groups excluding tert-OH is 1. The largest absolute Gasteiger partial charge is 0.463 e. The molecule has 0 aliphatic rings. The van der Waals surface area contributed by atoms with E-state index in [1.165, 1.54) is 0 Å². The first-order valence-electron chi connectivity index (χ1n) is 16.3. The number of allylic oxidation sites excluding steroid dienone is 2. The molecule has 0 spiro atoms. The van der Waals surface area contributed by atoms with Crippen LogP contribution in [0.1, 0.15) is 57.6 Å². The average molecular weight is 660 g/mol. The third kappa shape index (κ3) is 12.5. The highest BCUT2D eigenvalue weighted by Crippen LogP contribution is 2.21. The lowest BCUT2D eigenvalue weighted by Gasteiger charge is -2.24. The molecule has 10 nitrogen and oxygen atoms in total. The normalized spacial score (nSPS) is 13.8. The fourth-order valence-corrected chi connectivity index (χ4v) is 5.44. The minimum absolute atomic E-state index is 0.125. The lowest BCUT2D eigenvalue weighted by Crippen LogP contribution is -2.45. The van der Waals surface area contributed by atoms with Gasteiger partial charge >= 0.3 is 11.9 Å². The van der Waals surface area contributed by atoms with Gasteiger partial charge < -0.3 is 30.2 Å². The van der Waals surface area contributed by atoms with Crippen LogP contribution >= 0.6 is 0 Å². The zero-order chi connectivity index (χ0) is 35.1. The van der Waals surface area contributed by atoms with E-state index in [9.17, 15) is 24.3 Å². The Morgan fingerprint density at radius 3 is 2.21 bits per heavy atom. The van der Waals surface area contributed by atoms with E-state index in [2.05, 4.69) is 28.8 Å². The molecule has 258 valence electrons. The minimum atomic E-state index is -0.797. The third-order valence-corrected chi connectivity index (χ3v) is 7.70. The summed E-state index contributed by atoms with van der Waals surface area (Å²) in [5, 5.41) is 16.7. The number of H-pyrrole nitrogens is 1. The molecule has 2 aromatic carbocycles. The molecule has 0 aliphatic heterocycles. The van der Waals surface area contributed by atoms with E-state index < -0.39 is 47.4 Å². The SMILES string of the molecule is C=CC[C@H](CC(=O)N[C@H](CO)Cc1ccccc1)C(=O)N[C@H](COC(=O)[C@H](CC=C)CC(=O)OC(C)(C)C)Cc1c[nH]c2ccccc12. The van der Waals surface area contributed by atoms with Crippen LogP contribution in [0.4, 0.5) is 0 Å². The molecule has 0 bridgehead atoms. The van der Waals surface area contributed by atoms with Crippen molar-refractivity contribution < 1.29 is 33.8 Å². The topological polar surface area (TPSA) is 147 Å². The maximum Gasteiger partial charge on any atom is 0.309 e. The molecule has 4 N–H and O–H groups in total. The van der Waals surface area contributed by atoms with Crippen LogP contribution in [0, 0.1) is 11.8 Å². The molecule has 0 fully saturated rings. The fourth-order valence-electron chi connectivity index (χ4n) is 5.44. The van der Waals surface area contributed by atoms with Crippen molar-refractivity contribution in [3.05, 3.63) is 97.2 Å². The van der Waals surface area contributed by atoms with Gasteiger partial charge in [0.1, 0.15) is 12.2 Å². The smallest absolute Gasteiger partial charge is 0.309 e. The molecule has 0 radical (unpaired) electrons. The highest BCUT2D eigenvalue weighted by molar-refractivity contribution is 5.87. The number of para-hydroxylation sites is 1. The number of esters is 2. The first kappa shape index (κ1) is 37.8. The second-order valence-electron chi connectivity index (χ2n) is 13.0. The van der Waals surface area contributed by atoms with Crippen molar-refractivity contribution in [3.8, 4) is 0 Å². The van der Waals surface area contributed by atoms with E-state index in [0.29, 0.717) is 12.8 Å². The molecule has 2 amide bonds. The van der Waals surface area contributed by atoms with Gasteiger partial charge in [-0.2, -0.15) is 0 Å². The van der Waals surface area contributed by atoms with Gasteiger partial charge in [-0.05, 0) is 63.6 Å². The van der Waals surface area contributed by atoms with Gasteiger partial charge in [-0.3, -0.25) is 19.2 Å². The number of benzene rings is 2. The number of hydrogen-bond acceptors (Lipinski definition) is 7. The standard InChI is InChI=1S/C38H49N3O7/c1-6-13-27(21-34(43)40-30(24-42)19-26-15-9-8-10-16-26)36(45)41-31(20-29-23-39-33-18-12-11-17-32(29)33)25-47-37(46)28(14-7-2)22-35(44)48-38(3,4)5/h6-12,15-18,23,27-28,30-31,39,42H,1-2,13-14,19-22,24-25H2,3-5H3,(H,40,43)(H,41,45)/t27-,28-,30+,31+/m1/s1. The first-order valence-corrected chi connectivity index (χ1v) is 16.3. The second kappa shape index (κ2) is 18.6. The van der Waals surface area contributed by atoms with Crippen LogP contribution in [0.5, 0.6) is 0 Å². The Morgan fingerprint density at radius 1 is 0.875 bits per heavy atom. The number of aliphatic hydroxyl groups is 1. The molecule has 1 heterocycles. The van der Waals surface area contributed by atoms with Crippen molar-refractivity contribution in [1.29, 1.82) is 0 Å². The van der Waals surface area contributed by atoms with Crippen molar-refractivity contribution in [3.63, 3.8) is 0 Å². The molecule has 0 unspecified atom stereocenters. The zero-order valence-corrected chi connectivity index (χ0v) is 28.2. The van der Waals surface area contributed by atoms with Crippen LogP contribution < -0.4 is 10.6 Å². The summed E-state index contributed by atoms with van der Waals surface area (Å²) in [5.74, 6) is -3.44. The number of fused-ring (bicyclic) bond motifs is 1. The monoisotopic (exact) mass is 659 g/mol. The highest BCUT2D eigenvalue weighted by atomic mass is 16.6. The summed E-state index contributed by atoms with van der Waals surface area (Å²) in [6.45, 7) is 12.3. The number of hydrogen-bond donors (Lipinski definition) is 4. The van der Waals surface area contributed by atoms with Crippen LogP contribution in [0.15, 0.2) is 86.1 Å². The number of rotatable bonds is 19. The maximum atomic E-state index is 13.7. The van der Waals surface area contributed by atoms with Gasteiger partial charge in [0.2, 0.25) is 11.8 Å². The van der Waals surface area contributed by atoms with Crippen molar-refractivity contribution in [2.24, 2.45) is 11.8 Å². The quantitative estimate of drug-likeness (QED) is 0.105. The Bertz CT molecular complexity index is 1530. The maximum absolute atomic E-state index is 13.7. The predicted octanol–water partition coefficient (Wildman–Crippen LogP) is 4.96. The van der Waals surface area contributed by atoms with Crippen molar-refractivity contribution in [2.45, 2.75) is 77.0 Å².